The van der Waals surface area contributed by atoms with Crippen molar-refractivity contribution in [2.45, 2.75) is 58.7 Å². The van der Waals surface area contributed by atoms with E-state index in [0.29, 0.717) is 23.0 Å². The zero-order chi connectivity index (χ0) is 25.4. The van der Waals surface area contributed by atoms with Gasteiger partial charge in [0, 0.05) is 19.0 Å². The van der Waals surface area contributed by atoms with Crippen LogP contribution < -0.4 is 5.32 Å². The van der Waals surface area contributed by atoms with Crippen molar-refractivity contribution in [2.24, 2.45) is 0 Å². The number of halogens is 2. The molecule has 35 heavy (non-hydrogen) atoms. The van der Waals surface area contributed by atoms with Gasteiger partial charge in [0.15, 0.2) is 0 Å². The van der Waals surface area contributed by atoms with Gasteiger partial charge in [0.05, 0.1) is 16.5 Å². The number of carbonyl (C=O) groups excluding carboxylic acids is 2. The fraction of sp³-hybridized carbons (Fsp3) is 0.310. The first kappa shape index (κ1) is 26.8. The molecule has 0 aliphatic carbocycles. The van der Waals surface area contributed by atoms with E-state index in [0.717, 1.165) is 28.7 Å². The van der Waals surface area contributed by atoms with E-state index in [4.69, 9.17) is 23.2 Å². The van der Waals surface area contributed by atoms with Gasteiger partial charge in [-0.1, -0.05) is 96.4 Å². The fourth-order valence-corrected chi connectivity index (χ4v) is 4.13. The second-order valence-corrected chi connectivity index (χ2v) is 9.77. The lowest BCUT2D eigenvalue weighted by Gasteiger charge is -2.32. The number of hydrogen-bond donors (Lipinski definition) is 1. The van der Waals surface area contributed by atoms with Crippen LogP contribution in [0, 0.1) is 6.92 Å². The number of nitrogens with zero attached hydrogens (tertiary/aromatic N) is 1. The average Bonchev–Trinajstić information content (AvgIpc) is 2.85. The molecule has 184 valence electrons. The summed E-state index contributed by atoms with van der Waals surface area (Å²) in [6.45, 7) is 6.34. The van der Waals surface area contributed by atoms with E-state index >= 15 is 0 Å². The second-order valence-electron chi connectivity index (χ2n) is 8.96. The summed E-state index contributed by atoms with van der Waals surface area (Å²) in [5, 5.41) is 3.93. The highest BCUT2D eigenvalue weighted by atomic mass is 35.5. The van der Waals surface area contributed by atoms with Gasteiger partial charge in [-0.05, 0) is 49.1 Å². The Morgan fingerprint density at radius 1 is 0.886 bits per heavy atom. The molecule has 3 rings (SSSR count). The predicted octanol–water partition coefficient (Wildman–Crippen LogP) is 6.40. The monoisotopic (exact) mass is 510 g/mol. The third-order valence-electron chi connectivity index (χ3n) is 6.09. The van der Waals surface area contributed by atoms with Crippen molar-refractivity contribution in [1.82, 2.24) is 10.2 Å². The Morgan fingerprint density at radius 2 is 1.54 bits per heavy atom. The highest BCUT2D eigenvalue weighted by Gasteiger charge is 2.31. The molecule has 2 atom stereocenters. The fourth-order valence-electron chi connectivity index (χ4n) is 3.81. The molecular formula is C29H32Cl2N2O2. The van der Waals surface area contributed by atoms with E-state index in [1.54, 1.807) is 23.1 Å². The smallest absolute Gasteiger partial charge is 0.243 e. The molecule has 0 spiro atoms. The van der Waals surface area contributed by atoms with Crippen LogP contribution in [0.2, 0.25) is 10.0 Å². The first-order chi connectivity index (χ1) is 16.8. The molecule has 2 amide bonds. The van der Waals surface area contributed by atoms with E-state index in [1.807, 2.05) is 75.4 Å². The van der Waals surface area contributed by atoms with Gasteiger partial charge >= 0.3 is 0 Å². The third kappa shape index (κ3) is 7.84. The zero-order valence-corrected chi connectivity index (χ0v) is 21.9. The van der Waals surface area contributed by atoms with Crippen molar-refractivity contribution < 1.29 is 9.59 Å². The Labute approximate surface area is 218 Å². The van der Waals surface area contributed by atoms with Gasteiger partial charge in [-0.2, -0.15) is 0 Å². The van der Waals surface area contributed by atoms with Gasteiger partial charge in [-0.3, -0.25) is 9.59 Å². The molecular weight excluding hydrogens is 479 g/mol. The molecule has 0 unspecified atom stereocenters. The maximum atomic E-state index is 13.7. The number of nitrogens with one attached hydrogen (secondary N) is 1. The molecule has 0 saturated carbocycles. The first-order valence-electron chi connectivity index (χ1n) is 11.9. The van der Waals surface area contributed by atoms with Crippen LogP contribution in [0.1, 0.15) is 42.5 Å². The summed E-state index contributed by atoms with van der Waals surface area (Å²) in [4.78, 5) is 28.9. The van der Waals surface area contributed by atoms with E-state index < -0.39 is 6.04 Å². The molecule has 1 N–H and O–H groups in total. The molecule has 0 bridgehead atoms. The Morgan fingerprint density at radius 3 is 2.17 bits per heavy atom. The topological polar surface area (TPSA) is 49.4 Å². The maximum absolute atomic E-state index is 13.7. The summed E-state index contributed by atoms with van der Waals surface area (Å²) in [5.74, 6) is -0.304. The highest BCUT2D eigenvalue weighted by Crippen LogP contribution is 2.24. The minimum absolute atomic E-state index is 0.00664. The second kappa shape index (κ2) is 12.8. The summed E-state index contributed by atoms with van der Waals surface area (Å²) in [6, 6.07) is 22.4. The minimum atomic E-state index is -0.664. The molecule has 0 aromatic heterocycles. The van der Waals surface area contributed by atoms with Crippen LogP contribution in [0.5, 0.6) is 0 Å². The maximum Gasteiger partial charge on any atom is 0.243 e. The molecule has 3 aromatic rings. The van der Waals surface area contributed by atoms with Crippen LogP contribution in [-0.2, 0) is 29.0 Å². The van der Waals surface area contributed by atoms with E-state index in [2.05, 4.69) is 5.32 Å². The molecule has 0 heterocycles. The SMILES string of the molecule is CC[C@H](C)NC(=O)[C@H](Cc1ccccc1)N(Cc1ccc(C)cc1)C(=O)Cc1ccc(Cl)c(Cl)c1. The zero-order valence-electron chi connectivity index (χ0n) is 20.4. The molecule has 4 nitrogen and oxygen atoms in total. The molecule has 0 aliphatic rings. The summed E-state index contributed by atoms with van der Waals surface area (Å²) in [6.07, 6.45) is 1.34. The lowest BCUT2D eigenvalue weighted by atomic mass is 10.0. The molecule has 0 saturated heterocycles. The van der Waals surface area contributed by atoms with Gasteiger partial charge in [-0.15, -0.1) is 0 Å². The molecule has 0 aliphatic heterocycles. The normalized spacial score (nSPS) is 12.6. The van der Waals surface area contributed by atoms with E-state index in [-0.39, 0.29) is 24.3 Å². The minimum Gasteiger partial charge on any atom is -0.352 e. The van der Waals surface area contributed by atoms with Crippen LogP contribution in [0.25, 0.3) is 0 Å². The van der Waals surface area contributed by atoms with Gasteiger partial charge < -0.3 is 10.2 Å². The summed E-state index contributed by atoms with van der Waals surface area (Å²) in [7, 11) is 0. The molecule has 6 heteroatoms. The number of carbonyl (C=O) groups is 2. The van der Waals surface area contributed by atoms with Crippen molar-refractivity contribution >= 4 is 35.0 Å². The number of benzene rings is 3. The lowest BCUT2D eigenvalue weighted by molar-refractivity contribution is -0.141. The standard InChI is InChI=1S/C29H32Cl2N2O2/c1-4-21(3)32-29(35)27(17-22-8-6-5-7-9-22)33(19-23-12-10-20(2)11-13-23)28(34)18-24-14-15-25(30)26(31)16-24/h5-16,21,27H,4,17-19H2,1-3H3,(H,32,35)/t21-,27-/m0/s1. The van der Waals surface area contributed by atoms with Gasteiger partial charge in [0.1, 0.15) is 6.04 Å². The molecule has 0 radical (unpaired) electrons. The number of amides is 2. The molecule has 0 fully saturated rings. The Kier molecular flexibility index (Phi) is 9.76. The summed E-state index contributed by atoms with van der Waals surface area (Å²) >= 11 is 12.3. The van der Waals surface area contributed by atoms with E-state index in [1.165, 1.54) is 0 Å². The number of hydrogen-bond acceptors (Lipinski definition) is 2. The van der Waals surface area contributed by atoms with Gasteiger partial charge in [0.25, 0.3) is 0 Å². The lowest BCUT2D eigenvalue weighted by Crippen LogP contribution is -2.52. The number of rotatable bonds is 10. The molecule has 3 aromatic carbocycles. The summed E-state index contributed by atoms with van der Waals surface area (Å²) < 4.78 is 0. The van der Waals surface area contributed by atoms with Crippen LogP contribution >= 0.6 is 23.2 Å². The van der Waals surface area contributed by atoms with Crippen molar-refractivity contribution in [1.29, 1.82) is 0 Å². The average molecular weight is 511 g/mol. The van der Waals surface area contributed by atoms with Crippen molar-refractivity contribution in [3.05, 3.63) is 105 Å². The van der Waals surface area contributed by atoms with Crippen molar-refractivity contribution in [3.63, 3.8) is 0 Å². The van der Waals surface area contributed by atoms with Crippen LogP contribution in [-0.4, -0.2) is 28.8 Å². The summed E-state index contributed by atoms with van der Waals surface area (Å²) in [5.41, 5.74) is 3.84. The third-order valence-corrected chi connectivity index (χ3v) is 6.82. The Balaban J connectivity index is 1.97. The van der Waals surface area contributed by atoms with Crippen LogP contribution in [0.3, 0.4) is 0 Å². The van der Waals surface area contributed by atoms with E-state index in [9.17, 15) is 9.59 Å². The Hall–Kier alpha value is -2.82. The first-order valence-corrected chi connectivity index (χ1v) is 12.7. The van der Waals surface area contributed by atoms with Crippen molar-refractivity contribution in [3.8, 4) is 0 Å². The van der Waals surface area contributed by atoms with Crippen LogP contribution in [0.15, 0.2) is 72.8 Å². The number of aryl methyl sites for hydroxylation is 1. The largest absolute Gasteiger partial charge is 0.352 e. The predicted molar refractivity (Wildman–Crippen MR) is 144 cm³/mol. The highest BCUT2D eigenvalue weighted by molar-refractivity contribution is 6.42. The van der Waals surface area contributed by atoms with Crippen molar-refractivity contribution in [2.75, 3.05) is 0 Å². The van der Waals surface area contributed by atoms with Gasteiger partial charge in [-0.25, -0.2) is 0 Å². The van der Waals surface area contributed by atoms with Gasteiger partial charge in [0.2, 0.25) is 11.8 Å². The quantitative estimate of drug-likeness (QED) is 0.343. The Bertz CT molecular complexity index is 1130. The van der Waals surface area contributed by atoms with Crippen LogP contribution in [0.4, 0.5) is 0 Å².